The molecule has 1 rings (SSSR count). The molecule has 1 aliphatic heterocycles. The zero-order valence-corrected chi connectivity index (χ0v) is 5.65. The number of nitrogens with one attached hydrogen (secondary N) is 1. The Morgan fingerprint density at radius 3 is 2.78 bits per heavy atom. The fourth-order valence-corrected chi connectivity index (χ4v) is 0.778. The molecule has 1 N–H and O–H groups in total. The number of hydrogen-bond acceptors (Lipinski definition) is 3. The van der Waals surface area contributed by atoms with Gasteiger partial charge in [-0.05, 0) is 10.5 Å². The number of allylic oxidation sites excluding steroid dienone is 1. The van der Waals surface area contributed by atoms with Crippen LogP contribution in [0.4, 0.5) is 0 Å². The summed E-state index contributed by atoms with van der Waals surface area (Å²) in [7, 11) is 0. The van der Waals surface area contributed by atoms with Crippen molar-refractivity contribution >= 4 is 28.4 Å². The number of hydrazine groups is 1. The van der Waals surface area contributed by atoms with Gasteiger partial charge in [-0.1, -0.05) is 23.2 Å². The van der Waals surface area contributed by atoms with Crippen LogP contribution in [0.1, 0.15) is 0 Å². The molecule has 0 aliphatic carbocycles. The van der Waals surface area contributed by atoms with Crippen LogP contribution in [0.5, 0.6) is 0 Å². The third-order valence-electron chi connectivity index (χ3n) is 0.635. The van der Waals surface area contributed by atoms with E-state index in [1.54, 1.807) is 0 Å². The Kier molecular flexibility index (Phi) is 1.80. The first-order chi connectivity index (χ1) is 4.18. The van der Waals surface area contributed by atoms with Crippen LogP contribution in [-0.2, 0) is 5.21 Å². The first-order valence-electron chi connectivity index (χ1n) is 2.04. The minimum absolute atomic E-state index is 0.0637. The molecule has 1 heterocycles. The van der Waals surface area contributed by atoms with Crippen LogP contribution in [-0.4, -0.2) is 10.5 Å². The summed E-state index contributed by atoms with van der Waals surface area (Å²) in [6, 6.07) is 0. The molecule has 0 saturated carbocycles. The minimum atomic E-state index is 0.0637. The summed E-state index contributed by atoms with van der Waals surface area (Å²) < 4.78 is 0. The summed E-state index contributed by atoms with van der Waals surface area (Å²) in [4.78, 5) is 0. The number of nitrogens with zero attached hydrogens (tertiary/aromatic N) is 2. The third kappa shape index (κ3) is 1.74. The monoisotopic (exact) mass is 166 g/mol. The van der Waals surface area contributed by atoms with Crippen LogP contribution in [0.25, 0.3) is 0 Å². The Balaban J connectivity index is 2.74. The molecule has 0 unspecified atom stereocenters. The highest BCUT2D eigenvalue weighted by atomic mass is 35.5. The molecule has 0 spiro atoms. The van der Waals surface area contributed by atoms with Crippen LogP contribution >= 0.6 is 23.2 Å². The second-order valence-electron chi connectivity index (χ2n) is 1.30. The van der Waals surface area contributed by atoms with Crippen molar-refractivity contribution in [1.29, 1.82) is 0 Å². The van der Waals surface area contributed by atoms with Gasteiger partial charge in [-0.15, -0.1) is 5.10 Å². The van der Waals surface area contributed by atoms with E-state index in [-0.39, 0.29) is 15.6 Å². The standard InChI is InChI=1S/C3H2Cl2N3O/c4-2-1-3(5)7-8(9)6-2/h1,6H. The van der Waals surface area contributed by atoms with Gasteiger partial charge in [0, 0.05) is 6.08 Å². The lowest BCUT2D eigenvalue weighted by atomic mass is 10.6. The van der Waals surface area contributed by atoms with Crippen molar-refractivity contribution in [1.82, 2.24) is 10.7 Å². The molecule has 6 heteroatoms. The molecule has 4 nitrogen and oxygen atoms in total. The Labute approximate surface area is 61.3 Å². The first kappa shape index (κ1) is 6.67. The van der Waals surface area contributed by atoms with E-state index in [4.69, 9.17) is 23.2 Å². The predicted molar refractivity (Wildman–Crippen MR) is 32.9 cm³/mol. The van der Waals surface area contributed by atoms with E-state index in [2.05, 4.69) is 10.5 Å². The first-order valence-corrected chi connectivity index (χ1v) is 2.79. The molecule has 1 aliphatic rings. The van der Waals surface area contributed by atoms with Gasteiger partial charge in [0.05, 0.1) is 0 Å². The lowest BCUT2D eigenvalue weighted by Crippen LogP contribution is -2.30. The Bertz CT molecular complexity index is 178. The summed E-state index contributed by atoms with van der Waals surface area (Å²) in [5, 5.41) is 13.9. The van der Waals surface area contributed by atoms with Gasteiger partial charge in [-0.25, -0.2) is 5.43 Å². The maximum atomic E-state index is 10.3. The summed E-state index contributed by atoms with van der Waals surface area (Å²) >= 11 is 10.7. The molecule has 0 bridgehead atoms. The number of rotatable bonds is 0. The van der Waals surface area contributed by atoms with Crippen molar-refractivity contribution in [2.24, 2.45) is 5.10 Å². The molecule has 49 valence electrons. The van der Waals surface area contributed by atoms with E-state index in [1.807, 2.05) is 0 Å². The fourth-order valence-electron chi connectivity index (χ4n) is 0.369. The number of halogens is 2. The van der Waals surface area contributed by atoms with Gasteiger partial charge < -0.3 is 0 Å². The van der Waals surface area contributed by atoms with E-state index >= 15 is 0 Å². The van der Waals surface area contributed by atoms with Crippen LogP contribution in [0, 0.1) is 0 Å². The van der Waals surface area contributed by atoms with E-state index in [0.29, 0.717) is 0 Å². The highest BCUT2D eigenvalue weighted by molar-refractivity contribution is 6.69. The summed E-state index contributed by atoms with van der Waals surface area (Å²) in [5.74, 6) is 0. The van der Waals surface area contributed by atoms with Gasteiger partial charge in [0.2, 0.25) is 0 Å². The Morgan fingerprint density at radius 2 is 2.33 bits per heavy atom. The van der Waals surface area contributed by atoms with Crippen molar-refractivity contribution in [3.8, 4) is 0 Å². The van der Waals surface area contributed by atoms with Crippen LogP contribution in [0.15, 0.2) is 16.3 Å². The molecule has 0 saturated heterocycles. The molecule has 0 aromatic carbocycles. The van der Waals surface area contributed by atoms with Crippen molar-refractivity contribution in [3.63, 3.8) is 0 Å². The molecule has 0 aromatic heterocycles. The van der Waals surface area contributed by atoms with Gasteiger partial charge in [-0.2, -0.15) is 0 Å². The lowest BCUT2D eigenvalue weighted by Gasteiger charge is -2.12. The SMILES string of the molecule is [O]N1N=C(Cl)C=C(Cl)N1. The lowest BCUT2D eigenvalue weighted by molar-refractivity contribution is -0.188. The summed E-state index contributed by atoms with van der Waals surface area (Å²) in [6.45, 7) is 0. The molecular weight excluding hydrogens is 165 g/mol. The second kappa shape index (κ2) is 2.43. The number of hydrazone groups is 1. The van der Waals surface area contributed by atoms with Gasteiger partial charge in [0.15, 0.2) is 5.17 Å². The topological polar surface area (TPSA) is 47.5 Å². The quantitative estimate of drug-likeness (QED) is 0.542. The zero-order valence-electron chi connectivity index (χ0n) is 4.14. The van der Waals surface area contributed by atoms with Gasteiger partial charge in [-0.3, -0.25) is 0 Å². The van der Waals surface area contributed by atoms with E-state index < -0.39 is 0 Å². The van der Waals surface area contributed by atoms with E-state index in [0.717, 1.165) is 0 Å². The average molecular weight is 167 g/mol. The number of hydrogen-bond donors (Lipinski definition) is 1. The predicted octanol–water partition coefficient (Wildman–Crippen LogP) is 0.785. The highest BCUT2D eigenvalue weighted by Crippen LogP contribution is 2.05. The Morgan fingerprint density at radius 1 is 1.67 bits per heavy atom. The van der Waals surface area contributed by atoms with Gasteiger partial charge in [0.25, 0.3) is 0 Å². The van der Waals surface area contributed by atoms with E-state index in [9.17, 15) is 5.21 Å². The van der Waals surface area contributed by atoms with Crippen LogP contribution in [0.3, 0.4) is 0 Å². The molecule has 1 radical (unpaired) electrons. The molecule has 0 atom stereocenters. The van der Waals surface area contributed by atoms with Crippen LogP contribution < -0.4 is 5.43 Å². The van der Waals surface area contributed by atoms with Crippen molar-refractivity contribution in [3.05, 3.63) is 11.2 Å². The largest absolute Gasteiger partial charge is 0.244 e. The molecule has 0 fully saturated rings. The molecule has 0 aromatic rings. The molecule has 9 heavy (non-hydrogen) atoms. The normalized spacial score (nSPS) is 18.3. The smallest absolute Gasteiger partial charge is 0.156 e. The van der Waals surface area contributed by atoms with Crippen molar-refractivity contribution in [2.45, 2.75) is 0 Å². The summed E-state index contributed by atoms with van der Waals surface area (Å²) in [6.07, 6.45) is 1.33. The highest BCUT2D eigenvalue weighted by Gasteiger charge is 2.06. The van der Waals surface area contributed by atoms with E-state index in [1.165, 1.54) is 6.08 Å². The van der Waals surface area contributed by atoms with Gasteiger partial charge in [0.1, 0.15) is 5.16 Å². The van der Waals surface area contributed by atoms with Crippen LogP contribution in [0.2, 0.25) is 0 Å². The summed E-state index contributed by atoms with van der Waals surface area (Å²) in [5.41, 5.74) is 2.14. The Hall–Kier alpha value is -0.450. The maximum Gasteiger partial charge on any atom is 0.156 e. The van der Waals surface area contributed by atoms with Crippen molar-refractivity contribution in [2.75, 3.05) is 0 Å². The van der Waals surface area contributed by atoms with Gasteiger partial charge >= 0.3 is 0 Å². The average Bonchev–Trinajstić information content (AvgIpc) is 1.59. The molecule has 0 amide bonds. The maximum absolute atomic E-state index is 10.3. The van der Waals surface area contributed by atoms with Crippen molar-refractivity contribution < 1.29 is 5.21 Å². The zero-order chi connectivity index (χ0) is 6.85. The third-order valence-corrected chi connectivity index (χ3v) is 1.01. The molecular formula is C3H2Cl2N3O. The second-order valence-corrected chi connectivity index (χ2v) is 2.09. The fraction of sp³-hybridized carbons (Fsp3) is 0. The minimum Gasteiger partial charge on any atom is -0.244 e.